The Bertz CT molecular complexity index is 7060. The van der Waals surface area contributed by atoms with Gasteiger partial charge in [-0.3, -0.25) is 0 Å². The quantitative estimate of drug-likeness (QED) is 0.0650. The minimum atomic E-state index is -2.04. The van der Waals surface area contributed by atoms with Crippen LogP contribution >= 0.6 is 0 Å². The summed E-state index contributed by atoms with van der Waals surface area (Å²) in [4.78, 5) is 0. The Hall–Kier alpha value is -6.20. The Kier molecular flexibility index (Phi) is 4.77. The molecule has 0 spiro atoms. The largest absolute Gasteiger partial charge is 0.103 e. The van der Waals surface area contributed by atoms with Gasteiger partial charge >= 0.3 is 0 Å². The zero-order chi connectivity index (χ0) is 57.6. The van der Waals surface area contributed by atoms with Crippen molar-refractivity contribution in [2.75, 3.05) is 0 Å². The molecule has 88 heavy (non-hydrogen) atoms. The summed E-state index contributed by atoms with van der Waals surface area (Å²) in [5, 5.41) is 70.4. The second-order valence-corrected chi connectivity index (χ2v) is 67.2. The number of hydrogen-bond acceptors (Lipinski definition) is 0. The summed E-state index contributed by atoms with van der Waals surface area (Å²) >= 11 is 0. The minimum absolute atomic E-state index is 0.227. The topological polar surface area (TPSA) is 0 Å². The number of benzene rings is 15. The molecule has 11 aliphatic rings. The smallest absolute Gasteiger partial charge is 0.0458 e. The molecule has 5 heteroatoms. The summed E-state index contributed by atoms with van der Waals surface area (Å²) in [6, 6.07) is 6.55. The van der Waals surface area contributed by atoms with Gasteiger partial charge in [0, 0.05) is 72.9 Å². The molecule has 0 aliphatic heterocycles. The first kappa shape index (κ1) is 42.7. The molecule has 0 nitrogen and oxygen atoms in total. The predicted octanol–water partition coefficient (Wildman–Crippen LogP) is 23.5. The van der Waals surface area contributed by atoms with Crippen LogP contribution < -0.4 is 0 Å². The lowest BCUT2D eigenvalue weighted by atomic mass is 9.36. The molecule has 0 aromatic heterocycles. The van der Waals surface area contributed by atoms with E-state index >= 15 is 0 Å². The van der Waals surface area contributed by atoms with Gasteiger partial charge in [-0.25, -0.2) is 0 Å². The maximum Gasteiger partial charge on any atom is 0.0458 e. The van der Waals surface area contributed by atoms with Gasteiger partial charge in [0.15, 0.2) is 0 Å². The molecule has 0 radical (unpaired) electrons. The second-order valence-electron chi connectivity index (χ2n) is 39.9. The summed E-state index contributed by atoms with van der Waals surface area (Å²) < 4.78 is 0. The molecule has 412 valence electrons. The first-order valence-corrected chi connectivity index (χ1v) is 53.2. The van der Waals surface area contributed by atoms with Gasteiger partial charge in [-0.2, -0.15) is 0 Å². The first-order valence-electron chi connectivity index (χ1n) is 34.7. The molecule has 0 fully saturated rings. The highest BCUT2D eigenvalue weighted by atomic mass is 28.3. The standard InChI is InChI=1S/C83H60Si5/c1-17-18-82-76-74-75-77(82)81(22-87(11,12)13)69-59-49-39-31-26-24-25-27-28(26)33-41(39)51-53-43(33)42-32(27)40-38-30(25)36-34-29(24)35-37(31)47(49)57-55-45(35)44(34)54-56-46(36)48(38)58-60-50(40)52(42)62-63(53)73(71(81)61(51)59)83(82,23-88(14,15)16)72(62)70(60)80(76,21-86(8,9)10)68(58)66(56)78(74,19-84(2,3)4)64(54)65(55)79(75,67(57)69)20-85(5,6)7/h17H,1,18-23H2,2-16H3. The minimum Gasteiger partial charge on any atom is -0.103 e. The third-order valence-corrected chi connectivity index (χ3v) is 38.2. The maximum absolute atomic E-state index is 5.32. The fraction of sp³-hybridized carbons (Fsp3) is 0.325. The normalized spacial score (nSPS) is 29.1. The van der Waals surface area contributed by atoms with Crippen molar-refractivity contribution < 1.29 is 0 Å². The van der Waals surface area contributed by atoms with Gasteiger partial charge in [0.2, 0.25) is 0 Å². The van der Waals surface area contributed by atoms with Gasteiger partial charge < -0.3 is 0 Å². The highest BCUT2D eigenvalue weighted by Crippen LogP contribution is 2.95. The van der Waals surface area contributed by atoms with Crippen molar-refractivity contribution in [3.8, 4) is 0 Å². The van der Waals surface area contributed by atoms with Crippen molar-refractivity contribution >= 4 is 256 Å². The Morgan fingerprint density at radius 1 is 0.216 bits per heavy atom. The van der Waals surface area contributed by atoms with E-state index in [1.165, 1.54) is 30.2 Å². The SMILES string of the molecule is C=CCC12C3=C4C5=C1C1(C[Si](C)(C)C)c6c7c8c9c(c%10c%11c%12c(c%13c%14c%15c(c%16c%17c%18c(c1c1c6c6c8c8c%19c9c%11c9c%11c%12c%14c%12c%14c%15c%17c%15c%17c%18c1c1c6c8c6c(c9%19)c(c%11%12)c(c%14%15)c6c1%17)C%162C[Si](C)(C)C)C3%13C[Si](C)(C)C)C4%10C[Si](C)(C)C)C57C[Si](C)(C)C. The fourth-order valence-electron chi connectivity index (χ4n) is 31.8. The molecule has 11 aliphatic carbocycles. The Morgan fingerprint density at radius 3 is 0.591 bits per heavy atom. The summed E-state index contributed by atoms with van der Waals surface area (Å²) in [6.07, 6.45) is 3.72. The van der Waals surface area contributed by atoms with Gasteiger partial charge in [-0.05, 0) is 330 Å². The van der Waals surface area contributed by atoms with Gasteiger partial charge in [-0.1, -0.05) is 104 Å². The molecule has 0 saturated heterocycles. The molecular formula is C83H60Si5. The van der Waals surface area contributed by atoms with Crippen LogP contribution in [-0.4, -0.2) is 40.4 Å². The molecule has 0 N–H and O–H groups in total. The molecule has 4 unspecified atom stereocenters. The van der Waals surface area contributed by atoms with Gasteiger partial charge in [0.1, 0.15) is 0 Å². The van der Waals surface area contributed by atoms with Crippen LogP contribution in [0.1, 0.15) is 62.1 Å². The predicted molar refractivity (Wildman–Crippen MR) is 394 cm³/mol. The Balaban J connectivity index is 1.11. The van der Waals surface area contributed by atoms with Gasteiger partial charge in [0.25, 0.3) is 0 Å². The molecule has 0 saturated carbocycles. The van der Waals surface area contributed by atoms with Crippen LogP contribution in [0.4, 0.5) is 0 Å². The molecular weight excluding hydrogens is 1140 g/mol. The molecule has 21 aromatic carbocycles. The number of hydrogen-bond donors (Lipinski definition) is 0. The van der Waals surface area contributed by atoms with Crippen molar-refractivity contribution in [1.82, 2.24) is 0 Å². The lowest BCUT2D eigenvalue weighted by molar-refractivity contribution is 0.194. The highest BCUT2D eigenvalue weighted by Gasteiger charge is 2.86. The third kappa shape index (κ3) is 2.75. The van der Waals surface area contributed by atoms with Crippen molar-refractivity contribution in [2.24, 2.45) is 5.41 Å². The maximum atomic E-state index is 5.32. The van der Waals surface area contributed by atoms with E-state index in [1.807, 2.05) is 121 Å². The molecule has 32 rings (SSSR count). The van der Waals surface area contributed by atoms with Crippen molar-refractivity contribution in [3.05, 3.63) is 90.6 Å². The van der Waals surface area contributed by atoms with Crippen LogP contribution in [0.15, 0.2) is 34.9 Å². The van der Waals surface area contributed by atoms with E-state index in [4.69, 9.17) is 6.58 Å². The van der Waals surface area contributed by atoms with E-state index < -0.39 is 40.4 Å². The molecule has 0 amide bonds. The van der Waals surface area contributed by atoms with Crippen LogP contribution in [-0.2, 0) is 27.1 Å². The van der Waals surface area contributed by atoms with Gasteiger partial charge in [-0.15, -0.1) is 6.58 Å². The Labute approximate surface area is 510 Å². The zero-order valence-electron chi connectivity index (χ0n) is 53.0. The van der Waals surface area contributed by atoms with E-state index in [0.29, 0.717) is 0 Å². The number of rotatable bonds is 12. The summed E-state index contributed by atoms with van der Waals surface area (Å²) in [7, 11) is -10.1. The highest BCUT2D eigenvalue weighted by molar-refractivity contribution is 6.82. The van der Waals surface area contributed by atoms with E-state index in [2.05, 4.69) is 115 Å². The molecule has 0 heterocycles. The van der Waals surface area contributed by atoms with Gasteiger partial charge in [0.05, 0.1) is 0 Å². The average molecular weight is 1200 g/mol. The van der Waals surface area contributed by atoms with E-state index in [0.717, 1.165) is 6.42 Å². The van der Waals surface area contributed by atoms with Crippen LogP contribution in [0.25, 0.3) is 215 Å². The Morgan fingerprint density at radius 2 is 0.386 bits per heavy atom. The van der Waals surface area contributed by atoms with Crippen molar-refractivity contribution in [3.63, 3.8) is 0 Å². The molecule has 0 bridgehead atoms. The lowest BCUT2D eigenvalue weighted by Crippen LogP contribution is -2.65. The van der Waals surface area contributed by atoms with Crippen LogP contribution in [0.5, 0.6) is 0 Å². The van der Waals surface area contributed by atoms with E-state index in [-0.39, 0.29) is 32.5 Å². The molecule has 4 atom stereocenters. The average Bonchev–Trinajstić information content (AvgIpc) is 1.37. The second kappa shape index (κ2) is 9.83. The number of allylic oxidation sites excluding steroid dienone is 5. The lowest BCUT2D eigenvalue weighted by Gasteiger charge is -2.68. The van der Waals surface area contributed by atoms with E-state index in [1.54, 1.807) is 162 Å². The summed E-state index contributed by atoms with van der Waals surface area (Å²) in [5.74, 6) is 0. The summed E-state index contributed by atoms with van der Waals surface area (Å²) in [5.41, 5.74) is 26.2. The van der Waals surface area contributed by atoms with Crippen molar-refractivity contribution in [1.29, 1.82) is 0 Å². The van der Waals surface area contributed by atoms with Crippen LogP contribution in [0.3, 0.4) is 0 Å². The molecule has 21 aromatic rings. The third-order valence-electron chi connectivity index (χ3n) is 30.2. The monoisotopic (exact) mass is 1200 g/mol. The van der Waals surface area contributed by atoms with Crippen molar-refractivity contribution in [2.45, 2.75) is 162 Å². The van der Waals surface area contributed by atoms with Crippen LogP contribution in [0, 0.1) is 5.41 Å². The fourth-order valence-corrected chi connectivity index (χ4v) is 42.5. The summed E-state index contributed by atoms with van der Waals surface area (Å²) in [6.45, 7) is 48.2. The van der Waals surface area contributed by atoms with Crippen LogP contribution in [0.2, 0.25) is 128 Å². The zero-order valence-corrected chi connectivity index (χ0v) is 58.0. The first-order chi connectivity index (χ1) is 41.8. The van der Waals surface area contributed by atoms with E-state index in [9.17, 15) is 0 Å².